The molecule has 0 aliphatic carbocycles. The van der Waals surface area contributed by atoms with E-state index < -0.39 is 0 Å². The molecule has 92 heavy (non-hydrogen) atoms. The third-order valence-electron chi connectivity index (χ3n) is 15.8. The van der Waals surface area contributed by atoms with Crippen molar-refractivity contribution in [3.8, 4) is 0 Å². The van der Waals surface area contributed by atoms with Gasteiger partial charge in [0.15, 0.2) is 5.65 Å². The van der Waals surface area contributed by atoms with Gasteiger partial charge in [-0.3, -0.25) is 19.9 Å². The average molecular weight is 1250 g/mol. The van der Waals surface area contributed by atoms with E-state index in [-0.39, 0.29) is 0 Å². The standard InChI is InChI=1S/C11H13N.4C10H12N2.C9H11N3.C7H11N.6C2H6/c1-8-5-4-6-10-7-9(2)12(3)11(8)10;1-7-5-11-6-9-4-8(2)12(3)10(7)9;1-7-6-9-4-5-11-8(2)10(9)12(7)3;1-7-4-5-11-9-6-8(2)12(3)10(7)9;1-7-5-4-6-9-10(7)12(3)8(2)11-9;1-6-4-5-10-9-8(6)12(3)7(2)11-9;1-5-4-8-7(3)6(5)2;6*1-2/h4-7H,1-3H3;4*4-6H,1-3H3;4-5H,1-3H3;4H2,1-3H3;6*1-2H3. The van der Waals surface area contributed by atoms with Gasteiger partial charge in [-0.15, -0.1) is 0 Å². The molecule has 0 spiro atoms. The first-order valence-electron chi connectivity index (χ1n) is 33.4. The van der Waals surface area contributed by atoms with Crippen molar-refractivity contribution in [1.82, 2.24) is 57.3 Å². The van der Waals surface area contributed by atoms with E-state index in [9.17, 15) is 0 Å². The molecule has 0 atom stereocenters. The Morgan fingerprint density at radius 3 is 1.22 bits per heavy atom. The highest BCUT2D eigenvalue weighted by Gasteiger charge is 2.10. The van der Waals surface area contributed by atoms with Gasteiger partial charge in [0.05, 0.1) is 56.4 Å². The molecule has 500 valence electrons. The Morgan fingerprint density at radius 1 is 0.337 bits per heavy atom. The summed E-state index contributed by atoms with van der Waals surface area (Å²) in [4.78, 5) is 29.9. The van der Waals surface area contributed by atoms with Crippen LogP contribution in [0.5, 0.6) is 0 Å². The zero-order valence-electron chi connectivity index (χ0n) is 63.4. The Bertz CT molecular complexity index is 3580. The molecule has 0 radical (unpaired) electrons. The Kier molecular flexibility index (Phi) is 35.8. The Hall–Kier alpha value is -8.45. The smallest absolute Gasteiger partial charge is 0.178 e. The van der Waals surface area contributed by atoms with Gasteiger partial charge in [0.1, 0.15) is 11.6 Å². The highest BCUT2D eigenvalue weighted by Crippen LogP contribution is 2.24. The summed E-state index contributed by atoms with van der Waals surface area (Å²) in [6, 6.07) is 27.4. The van der Waals surface area contributed by atoms with E-state index in [1.807, 2.05) is 154 Å². The highest BCUT2D eigenvalue weighted by atomic mass is 15.1. The monoisotopic (exact) mass is 1250 g/mol. The number of pyridine rings is 4. The molecule has 12 aromatic rings. The van der Waals surface area contributed by atoms with Crippen LogP contribution in [-0.2, 0) is 42.3 Å². The molecule has 0 N–H and O–H groups in total. The summed E-state index contributed by atoms with van der Waals surface area (Å²) in [5.74, 6) is 2.08. The van der Waals surface area contributed by atoms with E-state index >= 15 is 0 Å². The zero-order chi connectivity index (χ0) is 70.4. The first kappa shape index (κ1) is 81.6. The maximum Gasteiger partial charge on any atom is 0.178 e. The van der Waals surface area contributed by atoms with E-state index in [1.54, 1.807) is 6.20 Å². The van der Waals surface area contributed by atoms with Crippen LogP contribution in [0.1, 0.15) is 172 Å². The second kappa shape index (κ2) is 40.4. The van der Waals surface area contributed by atoms with E-state index in [0.29, 0.717) is 0 Å². The lowest BCUT2D eigenvalue weighted by atomic mass is 10.1. The van der Waals surface area contributed by atoms with Gasteiger partial charge in [-0.25, -0.2) is 15.0 Å². The SMILES string of the molecule is CC.CC.CC.CC.CC.CC.CC1=NCC(C)=C1C.Cc1cccc2cc(C)n(C)c12.Cc1cccc2nc(C)n(C)c12.Cc1ccnc2cc(C)n(C)c12.Cc1ccnc2nc(C)n(C)c12.Cc1cncc2cc(C)n(C)c12.Cc1nccc2cc(C)n(C)c12. The molecular formula is C79H119N13. The average Bonchev–Trinajstić information content (AvgIpc) is 2.02. The molecule has 0 fully saturated rings. The molecule has 10 aromatic heterocycles. The van der Waals surface area contributed by atoms with Crippen molar-refractivity contribution >= 4 is 71.7 Å². The number of aryl methyl sites for hydroxylation is 18. The highest BCUT2D eigenvalue weighted by molar-refractivity contribution is 6.00. The number of benzene rings is 2. The van der Waals surface area contributed by atoms with E-state index in [1.165, 1.54) is 111 Å². The second-order valence-corrected chi connectivity index (χ2v) is 21.5. The summed E-state index contributed by atoms with van der Waals surface area (Å²) in [6.45, 7) is 56.3. The van der Waals surface area contributed by atoms with Gasteiger partial charge >= 0.3 is 0 Å². The molecule has 13 rings (SSSR count). The lowest BCUT2D eigenvalue weighted by Crippen LogP contribution is -1.92. The molecule has 2 aromatic carbocycles. The Morgan fingerprint density at radius 2 is 0.750 bits per heavy atom. The molecule has 13 nitrogen and oxygen atoms in total. The number of aliphatic imine (C=N–C) groups is 1. The zero-order valence-corrected chi connectivity index (χ0v) is 63.4. The molecule has 0 amide bonds. The molecule has 11 heterocycles. The maximum atomic E-state index is 4.44. The van der Waals surface area contributed by atoms with Crippen LogP contribution in [-0.4, -0.2) is 69.6 Å². The van der Waals surface area contributed by atoms with E-state index in [2.05, 4.69) is 241 Å². The van der Waals surface area contributed by atoms with Crippen LogP contribution < -0.4 is 0 Å². The van der Waals surface area contributed by atoms with E-state index in [0.717, 1.165) is 46.1 Å². The predicted octanol–water partition coefficient (Wildman–Crippen LogP) is 21.1. The van der Waals surface area contributed by atoms with E-state index in [4.69, 9.17) is 0 Å². The molecule has 0 saturated heterocycles. The number of imidazole rings is 2. The van der Waals surface area contributed by atoms with Crippen LogP contribution in [0, 0.1) is 83.1 Å². The minimum absolute atomic E-state index is 0.843. The van der Waals surface area contributed by atoms with Gasteiger partial charge in [-0.2, -0.15) is 0 Å². The minimum Gasteiger partial charge on any atom is -0.348 e. The van der Waals surface area contributed by atoms with Gasteiger partial charge in [-0.05, 0) is 191 Å². The van der Waals surface area contributed by atoms with Crippen molar-refractivity contribution in [1.29, 1.82) is 0 Å². The Balaban J connectivity index is 0.000000523. The summed E-state index contributed by atoms with van der Waals surface area (Å²) in [5.41, 5.74) is 27.2. The van der Waals surface area contributed by atoms with Crippen LogP contribution in [0.15, 0.2) is 126 Å². The molecule has 0 saturated carbocycles. The number of hydrogen-bond acceptors (Lipinski definition) is 7. The van der Waals surface area contributed by atoms with Gasteiger partial charge in [-0.1, -0.05) is 113 Å². The van der Waals surface area contributed by atoms with Gasteiger partial charge in [0.25, 0.3) is 0 Å². The number of hydrogen-bond donors (Lipinski definition) is 0. The quantitative estimate of drug-likeness (QED) is 0.149. The van der Waals surface area contributed by atoms with Crippen LogP contribution in [0.25, 0.3) is 65.9 Å². The van der Waals surface area contributed by atoms with Gasteiger partial charge in [0, 0.05) is 118 Å². The number of para-hydroxylation sites is 2. The summed E-state index contributed by atoms with van der Waals surface area (Å²) < 4.78 is 13.0. The van der Waals surface area contributed by atoms with Crippen molar-refractivity contribution < 1.29 is 0 Å². The van der Waals surface area contributed by atoms with Crippen molar-refractivity contribution in [2.24, 2.45) is 47.3 Å². The van der Waals surface area contributed by atoms with Crippen molar-refractivity contribution in [3.05, 3.63) is 189 Å². The lowest BCUT2D eigenvalue weighted by molar-refractivity contribution is 0.883. The first-order valence-corrected chi connectivity index (χ1v) is 33.4. The summed E-state index contributed by atoms with van der Waals surface area (Å²) >= 11 is 0. The summed E-state index contributed by atoms with van der Waals surface area (Å²) in [6.07, 6.45) is 9.33. The molecule has 13 heteroatoms. The molecular weight excluding hydrogens is 1130 g/mol. The third kappa shape index (κ3) is 20.5. The number of rotatable bonds is 0. The van der Waals surface area contributed by atoms with Crippen LogP contribution in [0.4, 0.5) is 0 Å². The third-order valence-corrected chi connectivity index (χ3v) is 15.8. The number of nitrogens with zero attached hydrogens (tertiary/aromatic N) is 13. The number of allylic oxidation sites excluding steroid dienone is 1. The van der Waals surface area contributed by atoms with Crippen molar-refractivity contribution in [3.63, 3.8) is 0 Å². The van der Waals surface area contributed by atoms with Gasteiger partial charge < -0.3 is 27.4 Å². The fourth-order valence-electron chi connectivity index (χ4n) is 10.4. The first-order chi connectivity index (χ1) is 43.9. The van der Waals surface area contributed by atoms with Crippen LogP contribution in [0.2, 0.25) is 0 Å². The normalized spacial score (nSPS) is 10.6. The van der Waals surface area contributed by atoms with Gasteiger partial charge in [0.2, 0.25) is 0 Å². The molecule has 0 unspecified atom stereocenters. The summed E-state index contributed by atoms with van der Waals surface area (Å²) in [7, 11) is 12.4. The predicted molar refractivity (Wildman–Crippen MR) is 406 cm³/mol. The maximum absolute atomic E-state index is 4.44. The molecule has 1 aliphatic rings. The number of aromatic nitrogens is 12. The molecule has 1 aliphatic heterocycles. The van der Waals surface area contributed by atoms with Crippen molar-refractivity contribution in [2.45, 2.75) is 187 Å². The Labute approximate surface area is 555 Å². The molecule has 0 bridgehead atoms. The lowest BCUT2D eigenvalue weighted by Gasteiger charge is -2.01. The minimum atomic E-state index is 0.843. The topological polar surface area (TPSA) is 119 Å². The largest absolute Gasteiger partial charge is 0.348 e. The fourth-order valence-corrected chi connectivity index (χ4v) is 10.4. The van der Waals surface area contributed by atoms with Crippen LogP contribution >= 0.6 is 0 Å². The summed E-state index contributed by atoms with van der Waals surface area (Å²) in [5, 5.41) is 3.85. The second-order valence-electron chi connectivity index (χ2n) is 21.5. The number of fused-ring (bicyclic) bond motifs is 6. The fraction of sp³-hybridized carbons (Fsp3) is 0.430. The van der Waals surface area contributed by atoms with Crippen LogP contribution in [0.3, 0.4) is 0 Å². The van der Waals surface area contributed by atoms with Crippen molar-refractivity contribution in [2.75, 3.05) is 6.54 Å².